The van der Waals surface area contributed by atoms with Gasteiger partial charge in [-0.05, 0) is 31.5 Å². The standard InChI is InChI=1S/C12H16ClN/c1-10(2)6-7-14-9-11-4-3-5-12(13)8-11/h3-6,8,14H,7,9H2,1-2H3. The van der Waals surface area contributed by atoms with Crippen molar-refractivity contribution >= 4 is 11.6 Å². The number of benzene rings is 1. The van der Waals surface area contributed by atoms with Gasteiger partial charge in [-0.1, -0.05) is 35.4 Å². The van der Waals surface area contributed by atoms with E-state index in [1.807, 2.05) is 18.2 Å². The average molecular weight is 210 g/mol. The van der Waals surface area contributed by atoms with Crippen LogP contribution in [-0.4, -0.2) is 6.54 Å². The third kappa shape index (κ3) is 4.45. The normalized spacial score (nSPS) is 9.93. The quantitative estimate of drug-likeness (QED) is 0.592. The van der Waals surface area contributed by atoms with Gasteiger partial charge < -0.3 is 5.32 Å². The van der Waals surface area contributed by atoms with Crippen molar-refractivity contribution in [1.82, 2.24) is 5.32 Å². The summed E-state index contributed by atoms with van der Waals surface area (Å²) in [6.45, 7) is 5.97. The van der Waals surface area contributed by atoms with Crippen LogP contribution in [0.1, 0.15) is 19.4 Å². The fourth-order valence-corrected chi connectivity index (χ4v) is 1.35. The molecule has 1 rings (SSSR count). The minimum Gasteiger partial charge on any atom is -0.309 e. The van der Waals surface area contributed by atoms with Crippen molar-refractivity contribution in [2.24, 2.45) is 0 Å². The van der Waals surface area contributed by atoms with E-state index >= 15 is 0 Å². The van der Waals surface area contributed by atoms with Gasteiger partial charge in [-0.2, -0.15) is 0 Å². The topological polar surface area (TPSA) is 12.0 Å². The van der Waals surface area contributed by atoms with Crippen LogP contribution < -0.4 is 5.32 Å². The van der Waals surface area contributed by atoms with E-state index in [-0.39, 0.29) is 0 Å². The van der Waals surface area contributed by atoms with Gasteiger partial charge >= 0.3 is 0 Å². The Balaban J connectivity index is 2.35. The van der Waals surface area contributed by atoms with Crippen LogP contribution in [0.2, 0.25) is 5.02 Å². The van der Waals surface area contributed by atoms with Gasteiger partial charge in [-0.3, -0.25) is 0 Å². The summed E-state index contributed by atoms with van der Waals surface area (Å²) >= 11 is 5.87. The number of halogens is 1. The smallest absolute Gasteiger partial charge is 0.0409 e. The Morgan fingerprint density at radius 1 is 1.43 bits per heavy atom. The van der Waals surface area contributed by atoms with Crippen molar-refractivity contribution < 1.29 is 0 Å². The lowest BCUT2D eigenvalue weighted by atomic mass is 10.2. The molecule has 0 fully saturated rings. The summed E-state index contributed by atoms with van der Waals surface area (Å²) in [6.07, 6.45) is 2.17. The first-order chi connectivity index (χ1) is 6.68. The molecule has 76 valence electrons. The van der Waals surface area contributed by atoms with Gasteiger partial charge in [0.25, 0.3) is 0 Å². The number of allylic oxidation sites excluding steroid dienone is 1. The Morgan fingerprint density at radius 2 is 2.21 bits per heavy atom. The van der Waals surface area contributed by atoms with E-state index in [1.54, 1.807) is 0 Å². The molecule has 0 aliphatic heterocycles. The van der Waals surface area contributed by atoms with Gasteiger partial charge in [0.05, 0.1) is 0 Å². The molecule has 0 atom stereocenters. The zero-order chi connectivity index (χ0) is 10.4. The molecule has 0 spiro atoms. The first-order valence-corrected chi connectivity index (χ1v) is 5.15. The Bertz CT molecular complexity index is 314. The third-order valence-corrected chi connectivity index (χ3v) is 2.11. The second-order valence-electron chi connectivity index (χ2n) is 3.54. The molecular weight excluding hydrogens is 194 g/mol. The molecule has 0 saturated carbocycles. The molecule has 1 aromatic carbocycles. The highest BCUT2D eigenvalue weighted by Crippen LogP contribution is 2.09. The van der Waals surface area contributed by atoms with E-state index in [0.29, 0.717) is 0 Å². The first kappa shape index (κ1) is 11.3. The van der Waals surface area contributed by atoms with E-state index in [4.69, 9.17) is 11.6 Å². The lowest BCUT2D eigenvalue weighted by Gasteiger charge is -2.02. The second kappa shape index (κ2) is 5.84. The summed E-state index contributed by atoms with van der Waals surface area (Å²) in [5.41, 5.74) is 2.56. The maximum atomic E-state index is 5.87. The maximum Gasteiger partial charge on any atom is 0.0409 e. The highest BCUT2D eigenvalue weighted by Gasteiger charge is 1.92. The monoisotopic (exact) mass is 209 g/mol. The van der Waals surface area contributed by atoms with Crippen molar-refractivity contribution in [2.45, 2.75) is 20.4 Å². The second-order valence-corrected chi connectivity index (χ2v) is 3.98. The number of rotatable bonds is 4. The molecule has 0 bridgehead atoms. The van der Waals surface area contributed by atoms with Crippen LogP contribution in [0, 0.1) is 0 Å². The molecule has 0 radical (unpaired) electrons. The lowest BCUT2D eigenvalue weighted by Crippen LogP contribution is -2.12. The largest absolute Gasteiger partial charge is 0.309 e. The van der Waals surface area contributed by atoms with Gasteiger partial charge in [-0.15, -0.1) is 0 Å². The van der Waals surface area contributed by atoms with Gasteiger partial charge in [0.15, 0.2) is 0 Å². The molecule has 0 unspecified atom stereocenters. The fourth-order valence-electron chi connectivity index (χ4n) is 1.14. The predicted octanol–water partition coefficient (Wildman–Crippen LogP) is 3.40. The van der Waals surface area contributed by atoms with Crippen LogP contribution in [0.15, 0.2) is 35.9 Å². The highest BCUT2D eigenvalue weighted by atomic mass is 35.5. The summed E-state index contributed by atoms with van der Waals surface area (Å²) < 4.78 is 0. The summed E-state index contributed by atoms with van der Waals surface area (Å²) in [5, 5.41) is 4.12. The van der Waals surface area contributed by atoms with Crippen molar-refractivity contribution in [3.63, 3.8) is 0 Å². The number of hydrogen-bond donors (Lipinski definition) is 1. The van der Waals surface area contributed by atoms with Gasteiger partial charge in [0.2, 0.25) is 0 Å². The molecule has 14 heavy (non-hydrogen) atoms. The van der Waals surface area contributed by atoms with E-state index in [9.17, 15) is 0 Å². The fraction of sp³-hybridized carbons (Fsp3) is 0.333. The average Bonchev–Trinajstić information content (AvgIpc) is 2.12. The Hall–Kier alpha value is -0.790. The molecule has 0 saturated heterocycles. The molecule has 1 nitrogen and oxygen atoms in total. The van der Waals surface area contributed by atoms with Crippen LogP contribution in [0.25, 0.3) is 0 Å². The molecule has 0 amide bonds. The summed E-state index contributed by atoms with van der Waals surface area (Å²) in [5.74, 6) is 0. The van der Waals surface area contributed by atoms with E-state index in [1.165, 1.54) is 11.1 Å². The maximum absolute atomic E-state index is 5.87. The van der Waals surface area contributed by atoms with Crippen molar-refractivity contribution in [3.05, 3.63) is 46.5 Å². The van der Waals surface area contributed by atoms with E-state index in [0.717, 1.165) is 18.1 Å². The molecular formula is C12H16ClN. The molecule has 1 N–H and O–H groups in total. The van der Waals surface area contributed by atoms with Gasteiger partial charge in [0, 0.05) is 18.1 Å². The van der Waals surface area contributed by atoms with Crippen molar-refractivity contribution in [1.29, 1.82) is 0 Å². The van der Waals surface area contributed by atoms with Crippen LogP contribution in [0.3, 0.4) is 0 Å². The highest BCUT2D eigenvalue weighted by molar-refractivity contribution is 6.30. The molecule has 0 aromatic heterocycles. The molecule has 1 aromatic rings. The molecule has 0 aliphatic rings. The Morgan fingerprint density at radius 3 is 2.86 bits per heavy atom. The molecule has 0 heterocycles. The van der Waals surface area contributed by atoms with Crippen molar-refractivity contribution in [3.8, 4) is 0 Å². The SMILES string of the molecule is CC(C)=CCNCc1cccc(Cl)c1. The third-order valence-electron chi connectivity index (χ3n) is 1.87. The lowest BCUT2D eigenvalue weighted by molar-refractivity contribution is 0.757. The van der Waals surface area contributed by atoms with Crippen molar-refractivity contribution in [2.75, 3.05) is 6.54 Å². The zero-order valence-corrected chi connectivity index (χ0v) is 9.43. The Labute approximate surface area is 90.8 Å². The van der Waals surface area contributed by atoms with Crippen LogP contribution in [0.4, 0.5) is 0 Å². The zero-order valence-electron chi connectivity index (χ0n) is 8.68. The predicted molar refractivity (Wildman–Crippen MR) is 62.6 cm³/mol. The number of hydrogen-bond acceptors (Lipinski definition) is 1. The van der Waals surface area contributed by atoms with Crippen LogP contribution in [-0.2, 0) is 6.54 Å². The van der Waals surface area contributed by atoms with Crippen LogP contribution in [0.5, 0.6) is 0 Å². The minimum absolute atomic E-state index is 0.798. The summed E-state index contributed by atoms with van der Waals surface area (Å²) in [7, 11) is 0. The molecule has 0 aliphatic carbocycles. The molecule has 2 heteroatoms. The van der Waals surface area contributed by atoms with Crippen LogP contribution >= 0.6 is 11.6 Å². The Kier molecular flexibility index (Phi) is 4.71. The van der Waals surface area contributed by atoms with Gasteiger partial charge in [0.1, 0.15) is 0 Å². The van der Waals surface area contributed by atoms with Gasteiger partial charge in [-0.25, -0.2) is 0 Å². The van der Waals surface area contributed by atoms with E-state index < -0.39 is 0 Å². The summed E-state index contributed by atoms with van der Waals surface area (Å²) in [4.78, 5) is 0. The minimum atomic E-state index is 0.798. The first-order valence-electron chi connectivity index (χ1n) is 4.77. The summed E-state index contributed by atoms with van der Waals surface area (Å²) in [6, 6.07) is 7.92. The number of nitrogens with one attached hydrogen (secondary N) is 1. The van der Waals surface area contributed by atoms with E-state index in [2.05, 4.69) is 31.3 Å².